The zero-order valence-electron chi connectivity index (χ0n) is 16.6. The number of rotatable bonds is 10. The number of alkyl halides is 3. The van der Waals surface area contributed by atoms with Crippen LogP contribution >= 0.6 is 0 Å². The summed E-state index contributed by atoms with van der Waals surface area (Å²) < 4.78 is 51.3. The van der Waals surface area contributed by atoms with Crippen LogP contribution in [0, 0.1) is 0 Å². The van der Waals surface area contributed by atoms with Gasteiger partial charge in [0.05, 0.1) is 17.7 Å². The van der Waals surface area contributed by atoms with Gasteiger partial charge in [-0.15, -0.1) is 10.2 Å². The Kier molecular flexibility index (Phi) is 7.46. The molecular formula is C20H28F3N3O2. The van der Waals surface area contributed by atoms with Crippen LogP contribution in [0.3, 0.4) is 0 Å². The van der Waals surface area contributed by atoms with Gasteiger partial charge in [0.25, 0.3) is 0 Å². The largest absolute Gasteiger partial charge is 0.493 e. The third-order valence-corrected chi connectivity index (χ3v) is 4.26. The highest BCUT2D eigenvalue weighted by molar-refractivity contribution is 5.57. The maximum atomic E-state index is 13.5. The highest BCUT2D eigenvalue weighted by Gasteiger charge is 2.35. The molecule has 2 rings (SSSR count). The van der Waals surface area contributed by atoms with Crippen molar-refractivity contribution < 1.29 is 22.3 Å². The van der Waals surface area contributed by atoms with E-state index in [0.29, 0.717) is 0 Å². The molecule has 0 radical (unpaired) electrons. The van der Waals surface area contributed by atoms with Crippen LogP contribution in [0.1, 0.15) is 70.8 Å². The summed E-state index contributed by atoms with van der Waals surface area (Å²) in [5, 5.41) is 7.63. The zero-order chi connectivity index (χ0) is 20.8. The molecule has 2 aromatic rings. The van der Waals surface area contributed by atoms with Crippen LogP contribution in [0.4, 0.5) is 13.2 Å². The number of ether oxygens (including phenoxy) is 1. The summed E-state index contributed by atoms with van der Waals surface area (Å²) in [6, 6.07) is 3.75. The highest BCUT2D eigenvalue weighted by atomic mass is 19.4. The zero-order valence-corrected chi connectivity index (χ0v) is 16.6. The smallest absolute Gasteiger partial charge is 0.419 e. The van der Waals surface area contributed by atoms with Gasteiger partial charge in [0.1, 0.15) is 5.75 Å². The second-order valence-electron chi connectivity index (χ2n) is 7.46. The van der Waals surface area contributed by atoms with Crippen molar-refractivity contribution in [2.24, 2.45) is 5.73 Å². The molecule has 0 saturated heterocycles. The van der Waals surface area contributed by atoms with Gasteiger partial charge < -0.3 is 14.9 Å². The van der Waals surface area contributed by atoms with Gasteiger partial charge in [0, 0.05) is 5.56 Å². The monoisotopic (exact) mass is 399 g/mol. The molecule has 0 bridgehead atoms. The molecule has 1 aromatic carbocycles. The second-order valence-corrected chi connectivity index (χ2v) is 7.46. The van der Waals surface area contributed by atoms with E-state index < -0.39 is 17.3 Å². The molecule has 2 N–H and O–H groups in total. The minimum absolute atomic E-state index is 0.0125. The molecule has 156 valence electrons. The molecule has 0 fully saturated rings. The maximum absolute atomic E-state index is 13.5. The third-order valence-electron chi connectivity index (χ3n) is 4.26. The lowest BCUT2D eigenvalue weighted by atomic mass is 10.1. The van der Waals surface area contributed by atoms with E-state index in [0.717, 1.165) is 38.2 Å². The van der Waals surface area contributed by atoms with Gasteiger partial charge in [-0.3, -0.25) is 0 Å². The third kappa shape index (κ3) is 6.22. The van der Waals surface area contributed by atoms with E-state index in [1.807, 2.05) is 0 Å². The van der Waals surface area contributed by atoms with Crippen LogP contribution < -0.4 is 10.5 Å². The van der Waals surface area contributed by atoms with E-state index in [4.69, 9.17) is 14.9 Å². The Hall–Kier alpha value is -2.09. The molecule has 28 heavy (non-hydrogen) atoms. The lowest BCUT2D eigenvalue weighted by molar-refractivity contribution is -0.138. The number of hydrogen-bond donors (Lipinski definition) is 1. The fourth-order valence-electron chi connectivity index (χ4n) is 2.68. The lowest BCUT2D eigenvalue weighted by Gasteiger charge is -2.15. The van der Waals surface area contributed by atoms with Crippen LogP contribution in [0.2, 0.25) is 0 Å². The number of nitrogens with zero attached hydrogens (tertiary/aromatic N) is 2. The molecule has 1 heterocycles. The van der Waals surface area contributed by atoms with Crippen LogP contribution in [-0.2, 0) is 11.7 Å². The van der Waals surface area contributed by atoms with Gasteiger partial charge in [-0.1, -0.05) is 39.0 Å². The standard InChI is InChI=1S/C20H28F3N3O2/c1-4-5-6-7-8-9-12-27-16-11-10-14(13-15(16)20(21,22)23)17-25-26-18(28-17)19(2,3)24/h10-11,13H,4-9,12,24H2,1-3H3. The Balaban J connectivity index is 2.10. The SMILES string of the molecule is CCCCCCCCOc1ccc(-c2nnc(C(C)(C)N)o2)cc1C(F)(F)F. The van der Waals surface area contributed by atoms with Crippen molar-refractivity contribution in [2.75, 3.05) is 6.61 Å². The van der Waals surface area contributed by atoms with Gasteiger partial charge >= 0.3 is 6.18 Å². The first-order chi connectivity index (χ1) is 13.1. The topological polar surface area (TPSA) is 74.2 Å². The van der Waals surface area contributed by atoms with E-state index in [9.17, 15) is 13.2 Å². The number of halogens is 3. The quantitative estimate of drug-likeness (QED) is 0.520. The van der Waals surface area contributed by atoms with Gasteiger partial charge in [0.2, 0.25) is 11.8 Å². The summed E-state index contributed by atoms with van der Waals surface area (Å²) in [5.41, 5.74) is 4.31. The summed E-state index contributed by atoms with van der Waals surface area (Å²) in [7, 11) is 0. The molecule has 0 amide bonds. The van der Waals surface area contributed by atoms with Crippen molar-refractivity contribution in [2.45, 2.75) is 71.0 Å². The summed E-state index contributed by atoms with van der Waals surface area (Å²) >= 11 is 0. The van der Waals surface area contributed by atoms with E-state index in [1.165, 1.54) is 18.6 Å². The first-order valence-electron chi connectivity index (χ1n) is 9.60. The highest BCUT2D eigenvalue weighted by Crippen LogP contribution is 2.39. The molecule has 0 atom stereocenters. The predicted molar refractivity (Wildman–Crippen MR) is 101 cm³/mol. The van der Waals surface area contributed by atoms with Crippen LogP contribution in [0.25, 0.3) is 11.5 Å². The Labute approximate surface area is 163 Å². The Morgan fingerprint density at radius 2 is 1.71 bits per heavy atom. The van der Waals surface area contributed by atoms with Crippen molar-refractivity contribution in [1.29, 1.82) is 0 Å². The average molecular weight is 399 g/mol. The van der Waals surface area contributed by atoms with Crippen molar-refractivity contribution in [3.8, 4) is 17.2 Å². The Morgan fingerprint density at radius 3 is 2.32 bits per heavy atom. The summed E-state index contributed by atoms with van der Waals surface area (Å²) in [4.78, 5) is 0. The number of hydrogen-bond acceptors (Lipinski definition) is 5. The van der Waals surface area contributed by atoms with Crippen LogP contribution in [0.5, 0.6) is 5.75 Å². The fourth-order valence-corrected chi connectivity index (χ4v) is 2.68. The molecule has 0 spiro atoms. The van der Waals surface area contributed by atoms with Gasteiger partial charge in [-0.05, 0) is 38.5 Å². The Bertz CT molecular complexity index is 752. The molecular weight excluding hydrogens is 371 g/mol. The molecule has 0 unspecified atom stereocenters. The Morgan fingerprint density at radius 1 is 1.04 bits per heavy atom. The van der Waals surface area contributed by atoms with Gasteiger partial charge in [0.15, 0.2) is 0 Å². The normalized spacial score (nSPS) is 12.4. The van der Waals surface area contributed by atoms with Crippen molar-refractivity contribution in [1.82, 2.24) is 10.2 Å². The van der Waals surface area contributed by atoms with Crippen molar-refractivity contribution in [3.63, 3.8) is 0 Å². The minimum Gasteiger partial charge on any atom is -0.493 e. The molecule has 0 saturated carbocycles. The van der Waals surface area contributed by atoms with Crippen molar-refractivity contribution in [3.05, 3.63) is 29.7 Å². The molecule has 5 nitrogen and oxygen atoms in total. The maximum Gasteiger partial charge on any atom is 0.419 e. The van der Waals surface area contributed by atoms with Crippen LogP contribution in [0.15, 0.2) is 22.6 Å². The molecule has 0 aliphatic carbocycles. The molecule has 8 heteroatoms. The number of nitrogens with two attached hydrogens (primary N) is 1. The molecule has 0 aliphatic heterocycles. The first kappa shape index (κ1) is 22.2. The van der Waals surface area contributed by atoms with E-state index >= 15 is 0 Å². The van der Waals surface area contributed by atoms with Gasteiger partial charge in [-0.2, -0.15) is 13.2 Å². The first-order valence-corrected chi connectivity index (χ1v) is 9.60. The summed E-state index contributed by atoms with van der Waals surface area (Å²) in [6.07, 6.45) is 1.66. The fraction of sp³-hybridized carbons (Fsp3) is 0.600. The number of unbranched alkanes of at least 4 members (excludes halogenated alkanes) is 5. The summed E-state index contributed by atoms with van der Waals surface area (Å²) in [6.45, 7) is 5.73. The van der Waals surface area contributed by atoms with E-state index in [-0.39, 0.29) is 29.7 Å². The van der Waals surface area contributed by atoms with Crippen molar-refractivity contribution >= 4 is 0 Å². The lowest BCUT2D eigenvalue weighted by Crippen LogP contribution is -2.29. The summed E-state index contributed by atoms with van der Waals surface area (Å²) in [5.74, 6) is -0.0512. The van der Waals surface area contributed by atoms with Crippen LogP contribution in [-0.4, -0.2) is 16.8 Å². The second kappa shape index (κ2) is 9.41. The van der Waals surface area contributed by atoms with Gasteiger partial charge in [-0.25, -0.2) is 0 Å². The van der Waals surface area contributed by atoms with E-state index in [1.54, 1.807) is 13.8 Å². The average Bonchev–Trinajstić information content (AvgIpc) is 3.11. The molecule has 0 aliphatic rings. The predicted octanol–water partition coefficient (Wildman–Crippen LogP) is 5.69. The molecule has 1 aromatic heterocycles. The number of benzene rings is 1. The van der Waals surface area contributed by atoms with E-state index in [2.05, 4.69) is 17.1 Å². The number of aromatic nitrogens is 2. The minimum atomic E-state index is -4.55.